The number of hydrogen-bond acceptors (Lipinski definition) is 4. The molecular formula is C22H26ClN3O3. The van der Waals surface area contributed by atoms with Crippen molar-refractivity contribution in [3.63, 3.8) is 0 Å². The van der Waals surface area contributed by atoms with Crippen molar-refractivity contribution in [2.75, 3.05) is 50.1 Å². The van der Waals surface area contributed by atoms with Crippen molar-refractivity contribution in [2.24, 2.45) is 0 Å². The maximum Gasteiger partial charge on any atom is 0.243 e. The van der Waals surface area contributed by atoms with Gasteiger partial charge in [0, 0.05) is 43.0 Å². The SMILES string of the molecule is CN(CC(=O)Nc1ccc(N2CCOCC2)cc1)C(=O)CCc1cccc(Cl)c1. The molecule has 0 atom stereocenters. The first-order chi connectivity index (χ1) is 14.0. The Morgan fingerprint density at radius 3 is 2.55 bits per heavy atom. The quantitative estimate of drug-likeness (QED) is 0.754. The van der Waals surface area contributed by atoms with E-state index < -0.39 is 0 Å². The molecule has 0 bridgehead atoms. The van der Waals surface area contributed by atoms with E-state index in [0.29, 0.717) is 23.6 Å². The Hall–Kier alpha value is -2.57. The normalized spacial score (nSPS) is 13.8. The van der Waals surface area contributed by atoms with Crippen molar-refractivity contribution >= 4 is 34.8 Å². The molecule has 154 valence electrons. The number of carbonyl (C=O) groups is 2. The van der Waals surface area contributed by atoms with E-state index in [4.69, 9.17) is 16.3 Å². The molecule has 0 radical (unpaired) electrons. The van der Waals surface area contributed by atoms with Crippen LogP contribution in [0.4, 0.5) is 11.4 Å². The number of likely N-dealkylation sites (N-methyl/N-ethyl adjacent to an activating group) is 1. The Morgan fingerprint density at radius 1 is 1.14 bits per heavy atom. The number of amides is 2. The highest BCUT2D eigenvalue weighted by molar-refractivity contribution is 6.30. The van der Waals surface area contributed by atoms with Crippen LogP contribution in [-0.4, -0.2) is 56.6 Å². The predicted molar refractivity (Wildman–Crippen MR) is 116 cm³/mol. The van der Waals surface area contributed by atoms with Crippen LogP contribution in [-0.2, 0) is 20.7 Å². The molecule has 1 saturated heterocycles. The molecule has 1 aliphatic heterocycles. The zero-order chi connectivity index (χ0) is 20.6. The molecule has 0 spiro atoms. The topological polar surface area (TPSA) is 61.9 Å². The average Bonchev–Trinajstić information content (AvgIpc) is 2.73. The van der Waals surface area contributed by atoms with Crippen molar-refractivity contribution in [3.05, 3.63) is 59.1 Å². The third kappa shape index (κ3) is 6.48. The van der Waals surface area contributed by atoms with Crippen LogP contribution < -0.4 is 10.2 Å². The predicted octanol–water partition coefficient (Wildman–Crippen LogP) is 3.21. The van der Waals surface area contributed by atoms with Gasteiger partial charge in [-0.05, 0) is 48.4 Å². The Bertz CT molecular complexity index is 835. The summed E-state index contributed by atoms with van der Waals surface area (Å²) in [7, 11) is 1.64. The van der Waals surface area contributed by atoms with Crippen molar-refractivity contribution in [1.82, 2.24) is 4.90 Å². The average molecular weight is 416 g/mol. The van der Waals surface area contributed by atoms with E-state index >= 15 is 0 Å². The molecule has 1 heterocycles. The molecule has 1 N–H and O–H groups in total. The first-order valence-electron chi connectivity index (χ1n) is 9.72. The van der Waals surface area contributed by atoms with Gasteiger partial charge in [-0.3, -0.25) is 9.59 Å². The van der Waals surface area contributed by atoms with Gasteiger partial charge < -0.3 is 19.9 Å². The van der Waals surface area contributed by atoms with Crippen LogP contribution in [0.1, 0.15) is 12.0 Å². The minimum Gasteiger partial charge on any atom is -0.378 e. The fourth-order valence-corrected chi connectivity index (χ4v) is 3.43. The summed E-state index contributed by atoms with van der Waals surface area (Å²) in [4.78, 5) is 28.3. The fourth-order valence-electron chi connectivity index (χ4n) is 3.22. The molecule has 1 fully saturated rings. The largest absolute Gasteiger partial charge is 0.378 e. The summed E-state index contributed by atoms with van der Waals surface area (Å²) in [6.07, 6.45) is 0.923. The highest BCUT2D eigenvalue weighted by atomic mass is 35.5. The minimum atomic E-state index is -0.220. The van der Waals surface area contributed by atoms with E-state index in [1.807, 2.05) is 42.5 Å². The molecule has 0 aromatic heterocycles. The number of aryl methyl sites for hydroxylation is 1. The van der Waals surface area contributed by atoms with Crippen LogP contribution in [0.25, 0.3) is 0 Å². The summed E-state index contributed by atoms with van der Waals surface area (Å²) in [5.41, 5.74) is 2.83. The van der Waals surface area contributed by atoms with E-state index in [2.05, 4.69) is 10.2 Å². The smallest absolute Gasteiger partial charge is 0.243 e. The van der Waals surface area contributed by atoms with Gasteiger partial charge in [-0.2, -0.15) is 0 Å². The number of rotatable bonds is 7. The highest BCUT2D eigenvalue weighted by Crippen LogP contribution is 2.19. The first kappa shape index (κ1) is 21.1. The molecular weight excluding hydrogens is 390 g/mol. The van der Waals surface area contributed by atoms with Gasteiger partial charge >= 0.3 is 0 Å². The van der Waals surface area contributed by atoms with Crippen molar-refractivity contribution in [2.45, 2.75) is 12.8 Å². The molecule has 2 amide bonds. The van der Waals surface area contributed by atoms with Crippen LogP contribution in [0.5, 0.6) is 0 Å². The van der Waals surface area contributed by atoms with Crippen LogP contribution >= 0.6 is 11.6 Å². The standard InChI is InChI=1S/C22H26ClN3O3/c1-25(22(28)10-5-17-3-2-4-18(23)15-17)16-21(27)24-19-6-8-20(9-7-19)26-11-13-29-14-12-26/h2-4,6-9,15H,5,10-14,16H2,1H3,(H,24,27). The molecule has 0 aliphatic carbocycles. The van der Waals surface area contributed by atoms with E-state index in [1.165, 1.54) is 4.90 Å². The lowest BCUT2D eigenvalue weighted by Gasteiger charge is -2.28. The third-order valence-corrected chi connectivity index (χ3v) is 5.09. The van der Waals surface area contributed by atoms with Crippen molar-refractivity contribution in [1.29, 1.82) is 0 Å². The second-order valence-corrected chi connectivity index (χ2v) is 7.51. The summed E-state index contributed by atoms with van der Waals surface area (Å²) < 4.78 is 5.36. The van der Waals surface area contributed by atoms with Gasteiger partial charge in [0.05, 0.1) is 19.8 Å². The van der Waals surface area contributed by atoms with Crippen LogP contribution in [0.15, 0.2) is 48.5 Å². The summed E-state index contributed by atoms with van der Waals surface area (Å²) in [6.45, 7) is 3.22. The molecule has 6 nitrogen and oxygen atoms in total. The maximum atomic E-state index is 12.3. The second kappa shape index (κ2) is 10.3. The summed E-state index contributed by atoms with van der Waals surface area (Å²) in [5.74, 6) is -0.300. The fraction of sp³-hybridized carbons (Fsp3) is 0.364. The van der Waals surface area contributed by atoms with Gasteiger partial charge in [0.15, 0.2) is 0 Å². The lowest BCUT2D eigenvalue weighted by atomic mass is 10.1. The summed E-state index contributed by atoms with van der Waals surface area (Å²) in [5, 5.41) is 3.50. The highest BCUT2D eigenvalue weighted by Gasteiger charge is 2.14. The number of nitrogens with zero attached hydrogens (tertiary/aromatic N) is 2. The summed E-state index contributed by atoms with van der Waals surface area (Å²) in [6, 6.07) is 15.2. The number of morpholine rings is 1. The molecule has 3 rings (SSSR count). The van der Waals surface area contributed by atoms with Gasteiger partial charge in [0.2, 0.25) is 11.8 Å². The lowest BCUT2D eigenvalue weighted by Crippen LogP contribution is -2.36. The number of carbonyl (C=O) groups excluding carboxylic acids is 2. The zero-order valence-corrected chi connectivity index (χ0v) is 17.3. The van der Waals surface area contributed by atoms with Crippen LogP contribution in [0.2, 0.25) is 5.02 Å². The monoisotopic (exact) mass is 415 g/mol. The van der Waals surface area contributed by atoms with E-state index in [9.17, 15) is 9.59 Å². The number of ether oxygens (including phenoxy) is 1. The number of hydrogen-bond donors (Lipinski definition) is 1. The number of benzene rings is 2. The molecule has 2 aromatic carbocycles. The number of halogens is 1. The Labute approximate surface area is 176 Å². The Morgan fingerprint density at radius 2 is 1.86 bits per heavy atom. The Balaban J connectivity index is 1.44. The van der Waals surface area contributed by atoms with Gasteiger partial charge in [-0.1, -0.05) is 23.7 Å². The van der Waals surface area contributed by atoms with E-state index in [0.717, 1.165) is 37.6 Å². The van der Waals surface area contributed by atoms with Crippen molar-refractivity contribution in [3.8, 4) is 0 Å². The van der Waals surface area contributed by atoms with Gasteiger partial charge in [0.1, 0.15) is 0 Å². The van der Waals surface area contributed by atoms with Crippen LogP contribution in [0.3, 0.4) is 0 Å². The molecule has 1 aliphatic rings. The van der Waals surface area contributed by atoms with Crippen LogP contribution in [0, 0.1) is 0 Å². The third-order valence-electron chi connectivity index (χ3n) is 4.85. The van der Waals surface area contributed by atoms with Gasteiger partial charge in [0.25, 0.3) is 0 Å². The Kier molecular flexibility index (Phi) is 7.49. The molecule has 2 aromatic rings. The van der Waals surface area contributed by atoms with E-state index in [1.54, 1.807) is 13.1 Å². The second-order valence-electron chi connectivity index (χ2n) is 7.07. The maximum absolute atomic E-state index is 12.3. The lowest BCUT2D eigenvalue weighted by molar-refractivity contribution is -0.133. The molecule has 29 heavy (non-hydrogen) atoms. The first-order valence-corrected chi connectivity index (χ1v) is 10.1. The van der Waals surface area contributed by atoms with E-state index in [-0.39, 0.29) is 18.4 Å². The van der Waals surface area contributed by atoms with Gasteiger partial charge in [-0.15, -0.1) is 0 Å². The molecule has 0 saturated carbocycles. The zero-order valence-electron chi connectivity index (χ0n) is 16.6. The summed E-state index contributed by atoms with van der Waals surface area (Å²) >= 11 is 5.97. The minimum absolute atomic E-state index is 0.0135. The van der Waals surface area contributed by atoms with Crippen molar-refractivity contribution < 1.29 is 14.3 Å². The number of nitrogens with one attached hydrogen (secondary N) is 1. The molecule has 7 heteroatoms. The molecule has 0 unspecified atom stereocenters. The van der Waals surface area contributed by atoms with Gasteiger partial charge in [-0.25, -0.2) is 0 Å². The number of anilines is 2.